The lowest BCUT2D eigenvalue weighted by Crippen LogP contribution is -2.37. The molecule has 2 aliphatic rings. The molecule has 33 heavy (non-hydrogen) atoms. The van der Waals surface area contributed by atoms with Gasteiger partial charge in [0.1, 0.15) is 24.2 Å². The molecule has 1 aromatic heterocycles. The number of fused-ring (bicyclic) bond motifs is 3. The van der Waals surface area contributed by atoms with E-state index in [1.807, 2.05) is 66.3 Å². The van der Waals surface area contributed by atoms with Gasteiger partial charge in [-0.1, -0.05) is 52.3 Å². The van der Waals surface area contributed by atoms with Crippen LogP contribution in [-0.4, -0.2) is 21.8 Å². The van der Waals surface area contributed by atoms with E-state index in [9.17, 15) is 5.26 Å². The van der Waals surface area contributed by atoms with E-state index in [-0.39, 0.29) is 12.1 Å². The lowest BCUT2D eigenvalue weighted by Gasteiger charge is -2.42. The van der Waals surface area contributed by atoms with Crippen LogP contribution < -0.4 is 9.64 Å². The van der Waals surface area contributed by atoms with Gasteiger partial charge in [0.25, 0.3) is 0 Å². The van der Waals surface area contributed by atoms with E-state index in [4.69, 9.17) is 4.74 Å². The molecule has 0 unspecified atom stereocenters. The predicted octanol–water partition coefficient (Wildman–Crippen LogP) is 5.50. The number of nitrogens with zero attached hydrogens (tertiary/aromatic N) is 5. The largest absolute Gasteiger partial charge is 0.480 e. The van der Waals surface area contributed by atoms with Crippen molar-refractivity contribution < 1.29 is 4.74 Å². The highest BCUT2D eigenvalue weighted by molar-refractivity contribution is 9.10. The molecule has 160 valence electrons. The summed E-state index contributed by atoms with van der Waals surface area (Å²) in [6, 6.07) is 26.0. The number of hydrogen-bond acceptors (Lipinski definition) is 5. The number of rotatable bonds is 2. The van der Waals surface area contributed by atoms with Gasteiger partial charge in [0.05, 0.1) is 17.3 Å². The summed E-state index contributed by atoms with van der Waals surface area (Å²) >= 11 is 3.55. The minimum absolute atomic E-state index is 0.198. The molecule has 2 aliphatic heterocycles. The summed E-state index contributed by atoms with van der Waals surface area (Å²) in [5.41, 5.74) is 5.87. The molecule has 0 aliphatic carbocycles. The molecule has 0 spiro atoms. The fraction of sp³-hybridized carbons (Fsp3) is 0.115. The Hall–Kier alpha value is -3.89. The smallest absolute Gasteiger partial charge is 0.229 e. The van der Waals surface area contributed by atoms with Crippen LogP contribution in [0.2, 0.25) is 0 Å². The van der Waals surface area contributed by atoms with Crippen molar-refractivity contribution in [2.45, 2.75) is 12.1 Å². The SMILES string of the molecule is CN1C2=C([C@H](c3ccc(Br)cc3)n3ncnc31)[C@@H](c1ccc(C#N)cc1)Oc1ccccc12. The van der Waals surface area contributed by atoms with Gasteiger partial charge in [-0.3, -0.25) is 0 Å². The first-order chi connectivity index (χ1) is 16.2. The first-order valence-corrected chi connectivity index (χ1v) is 11.3. The van der Waals surface area contributed by atoms with Crippen LogP contribution in [0.4, 0.5) is 5.95 Å². The van der Waals surface area contributed by atoms with E-state index in [1.165, 1.54) is 0 Å². The van der Waals surface area contributed by atoms with Gasteiger partial charge in [0.2, 0.25) is 5.95 Å². The van der Waals surface area contributed by atoms with Crippen LogP contribution in [0.25, 0.3) is 5.70 Å². The summed E-state index contributed by atoms with van der Waals surface area (Å²) < 4.78 is 9.61. The predicted molar refractivity (Wildman–Crippen MR) is 129 cm³/mol. The highest BCUT2D eigenvalue weighted by atomic mass is 79.9. The second-order valence-corrected chi connectivity index (χ2v) is 8.97. The molecule has 3 heterocycles. The quantitative estimate of drug-likeness (QED) is 0.367. The van der Waals surface area contributed by atoms with Gasteiger partial charge in [-0.2, -0.15) is 15.3 Å². The Balaban J connectivity index is 1.64. The van der Waals surface area contributed by atoms with Gasteiger partial charge in [0, 0.05) is 22.7 Å². The van der Waals surface area contributed by atoms with Gasteiger partial charge in [-0.25, -0.2) is 4.68 Å². The molecule has 6 nitrogen and oxygen atoms in total. The topological polar surface area (TPSA) is 67.0 Å². The average Bonchev–Trinajstić information content (AvgIpc) is 3.35. The summed E-state index contributed by atoms with van der Waals surface area (Å²) in [7, 11) is 2.02. The molecule has 3 aromatic carbocycles. The van der Waals surface area contributed by atoms with Crippen molar-refractivity contribution in [2.24, 2.45) is 0 Å². The zero-order chi connectivity index (χ0) is 22.5. The Kier molecular flexibility index (Phi) is 4.56. The normalized spacial score (nSPS) is 18.6. The molecular formula is C26H18BrN5O. The second kappa shape index (κ2) is 7.61. The summed E-state index contributed by atoms with van der Waals surface area (Å²) in [4.78, 5) is 6.67. The monoisotopic (exact) mass is 495 g/mol. The van der Waals surface area contributed by atoms with Crippen molar-refractivity contribution >= 4 is 27.6 Å². The molecule has 0 saturated heterocycles. The number of halogens is 1. The van der Waals surface area contributed by atoms with Crippen LogP contribution in [0.1, 0.15) is 34.4 Å². The number of nitriles is 1. The Morgan fingerprint density at radius 3 is 2.45 bits per heavy atom. The first-order valence-electron chi connectivity index (χ1n) is 10.5. The molecule has 4 aromatic rings. The van der Waals surface area contributed by atoms with E-state index in [0.717, 1.165) is 44.1 Å². The maximum Gasteiger partial charge on any atom is 0.229 e. The van der Waals surface area contributed by atoms with Gasteiger partial charge >= 0.3 is 0 Å². The highest BCUT2D eigenvalue weighted by Gasteiger charge is 2.42. The molecule has 0 saturated carbocycles. The molecule has 0 bridgehead atoms. The number of hydrogen-bond donors (Lipinski definition) is 0. The molecule has 0 fully saturated rings. The third-order valence-corrected chi connectivity index (χ3v) is 6.73. The fourth-order valence-corrected chi connectivity index (χ4v) is 4.99. The summed E-state index contributed by atoms with van der Waals surface area (Å²) in [5.74, 6) is 1.59. The molecule has 6 rings (SSSR count). The standard InChI is InChI=1S/C26H18BrN5O/c1-31-24-20-4-2-3-5-21(20)33-25(18-8-6-16(14-28)7-9-18)22(24)23(32-26(31)29-15-30-32)17-10-12-19(27)13-11-17/h2-13,15,23,25H,1H3/t23-,25+/m0/s1. The van der Waals surface area contributed by atoms with Crippen LogP contribution in [0.5, 0.6) is 5.75 Å². The van der Waals surface area contributed by atoms with E-state index in [2.05, 4.69) is 55.2 Å². The van der Waals surface area contributed by atoms with Gasteiger partial charge < -0.3 is 9.64 Å². The van der Waals surface area contributed by atoms with Crippen LogP contribution in [0.3, 0.4) is 0 Å². The van der Waals surface area contributed by atoms with E-state index in [1.54, 1.807) is 6.33 Å². The lowest BCUT2D eigenvalue weighted by molar-refractivity contribution is 0.222. The molecule has 0 radical (unpaired) electrons. The number of para-hydroxylation sites is 1. The summed E-state index contributed by atoms with van der Waals surface area (Å²) in [6.45, 7) is 0. The Morgan fingerprint density at radius 2 is 1.70 bits per heavy atom. The van der Waals surface area contributed by atoms with Crippen molar-refractivity contribution in [1.82, 2.24) is 14.8 Å². The van der Waals surface area contributed by atoms with Crippen LogP contribution in [-0.2, 0) is 0 Å². The Labute approximate surface area is 199 Å². The Morgan fingerprint density at radius 1 is 0.970 bits per heavy atom. The fourth-order valence-electron chi connectivity index (χ4n) is 4.73. The van der Waals surface area contributed by atoms with Crippen molar-refractivity contribution in [3.63, 3.8) is 0 Å². The first kappa shape index (κ1) is 19.8. The number of ether oxygens (including phenoxy) is 1. The van der Waals surface area contributed by atoms with Crippen molar-refractivity contribution in [3.05, 3.63) is 111 Å². The maximum atomic E-state index is 9.27. The van der Waals surface area contributed by atoms with E-state index in [0.29, 0.717) is 5.56 Å². The van der Waals surface area contributed by atoms with Crippen LogP contribution in [0.15, 0.2) is 89.2 Å². The van der Waals surface area contributed by atoms with Gasteiger partial charge in [-0.15, -0.1) is 0 Å². The summed E-state index contributed by atoms with van der Waals surface area (Å²) in [5, 5.41) is 13.9. The van der Waals surface area contributed by atoms with E-state index >= 15 is 0 Å². The zero-order valence-corrected chi connectivity index (χ0v) is 19.3. The molecule has 2 atom stereocenters. The number of benzene rings is 3. The van der Waals surface area contributed by atoms with Gasteiger partial charge in [-0.05, 0) is 47.5 Å². The van der Waals surface area contributed by atoms with E-state index < -0.39 is 0 Å². The van der Waals surface area contributed by atoms with Crippen molar-refractivity contribution in [1.29, 1.82) is 5.26 Å². The van der Waals surface area contributed by atoms with Crippen LogP contribution >= 0.6 is 15.9 Å². The third-order valence-electron chi connectivity index (χ3n) is 6.20. The van der Waals surface area contributed by atoms with Crippen LogP contribution in [0, 0.1) is 11.3 Å². The zero-order valence-electron chi connectivity index (χ0n) is 17.7. The molecular weight excluding hydrogens is 478 g/mol. The molecule has 0 amide bonds. The van der Waals surface area contributed by atoms with Crippen molar-refractivity contribution in [3.8, 4) is 11.8 Å². The third kappa shape index (κ3) is 3.06. The Bertz CT molecular complexity index is 1430. The highest BCUT2D eigenvalue weighted by Crippen LogP contribution is 2.52. The minimum atomic E-state index is -0.351. The van der Waals surface area contributed by atoms with Gasteiger partial charge in [0.15, 0.2) is 0 Å². The molecule has 7 heteroatoms. The van der Waals surface area contributed by atoms with Crippen molar-refractivity contribution in [2.75, 3.05) is 11.9 Å². The number of aromatic nitrogens is 3. The lowest BCUT2D eigenvalue weighted by atomic mass is 9.84. The maximum absolute atomic E-state index is 9.27. The summed E-state index contributed by atoms with van der Waals surface area (Å²) in [6.07, 6.45) is 1.25. The minimum Gasteiger partial charge on any atom is -0.480 e. The number of anilines is 1. The second-order valence-electron chi connectivity index (χ2n) is 8.05. The molecule has 0 N–H and O–H groups in total. The average molecular weight is 496 g/mol.